The molecule has 11 nitrogen and oxygen atoms in total. The number of anilines is 1. The molecule has 40 heavy (non-hydrogen) atoms. The van der Waals surface area contributed by atoms with E-state index >= 15 is 4.39 Å². The average molecular weight is 559 g/mol. The maximum Gasteiger partial charge on any atom is 0.255 e. The second kappa shape index (κ2) is 9.57. The molecule has 1 heterocycles. The van der Waals surface area contributed by atoms with Crippen LogP contribution in [0.5, 0.6) is 5.75 Å². The van der Waals surface area contributed by atoms with Crippen molar-refractivity contribution in [1.29, 1.82) is 0 Å². The molecular formula is C28H35FN4O7. The third-order valence-electron chi connectivity index (χ3n) is 8.77. The van der Waals surface area contributed by atoms with Crippen LogP contribution >= 0.6 is 0 Å². The Labute approximate surface area is 230 Å². The molecule has 216 valence electrons. The van der Waals surface area contributed by atoms with Crippen LogP contribution in [0.1, 0.15) is 48.2 Å². The summed E-state index contributed by atoms with van der Waals surface area (Å²) in [6.45, 7) is 4.65. The van der Waals surface area contributed by atoms with Crippen molar-refractivity contribution in [2.24, 2.45) is 23.5 Å². The third kappa shape index (κ3) is 3.84. The normalized spacial score (nSPS) is 30.0. The van der Waals surface area contributed by atoms with Gasteiger partial charge < -0.3 is 36.8 Å². The molecule has 3 aliphatic carbocycles. The molecule has 5 atom stereocenters. The first-order valence-electron chi connectivity index (χ1n) is 13.4. The molecule has 0 saturated carbocycles. The van der Waals surface area contributed by atoms with Crippen molar-refractivity contribution in [3.8, 4) is 5.75 Å². The summed E-state index contributed by atoms with van der Waals surface area (Å²) in [5.74, 6) is -7.90. The van der Waals surface area contributed by atoms with E-state index < -0.39 is 69.6 Å². The van der Waals surface area contributed by atoms with Crippen molar-refractivity contribution in [1.82, 2.24) is 10.2 Å². The van der Waals surface area contributed by atoms with Crippen LogP contribution in [0.4, 0.5) is 10.1 Å². The van der Waals surface area contributed by atoms with E-state index in [4.69, 9.17) is 5.73 Å². The number of hydrogen-bond donors (Lipinski definition) is 7. The summed E-state index contributed by atoms with van der Waals surface area (Å²) in [4.78, 5) is 40.8. The topological polar surface area (TPSA) is 185 Å². The Morgan fingerprint density at radius 2 is 1.88 bits per heavy atom. The summed E-state index contributed by atoms with van der Waals surface area (Å²) < 4.78 is 16.1. The number of aliphatic hydroxyl groups is 3. The number of nitrogens with zero attached hydrogens (tertiary/aromatic N) is 1. The molecule has 0 fully saturated rings. The molecule has 1 aromatic rings. The zero-order valence-corrected chi connectivity index (χ0v) is 22.8. The van der Waals surface area contributed by atoms with Crippen molar-refractivity contribution in [3.63, 3.8) is 0 Å². The van der Waals surface area contributed by atoms with Gasteiger partial charge in [0.15, 0.2) is 17.1 Å². The predicted octanol–water partition coefficient (Wildman–Crippen LogP) is 1.19. The number of hydrogen-bond acceptors (Lipinski definition) is 10. The lowest BCUT2D eigenvalue weighted by atomic mass is 9.58. The maximum atomic E-state index is 16.1. The number of nitrogens with two attached hydrogens (primary N) is 1. The van der Waals surface area contributed by atoms with E-state index in [-0.39, 0.29) is 53.4 Å². The van der Waals surface area contributed by atoms with Crippen molar-refractivity contribution in [2.75, 3.05) is 26.0 Å². The number of ketones is 2. The Morgan fingerprint density at radius 3 is 2.48 bits per heavy atom. The number of amides is 1. The first-order valence-corrected chi connectivity index (χ1v) is 13.4. The number of halogens is 1. The van der Waals surface area contributed by atoms with Crippen LogP contribution in [0.2, 0.25) is 0 Å². The molecule has 12 heteroatoms. The number of allylic oxidation sites excluding steroid dienone is 1. The highest BCUT2D eigenvalue weighted by Gasteiger charge is 2.63. The number of phenolic OH excluding ortho intramolecular Hbond substituents is 1. The first kappa shape index (κ1) is 28.1. The van der Waals surface area contributed by atoms with Gasteiger partial charge in [-0.3, -0.25) is 19.3 Å². The Bertz CT molecular complexity index is 1400. The van der Waals surface area contributed by atoms with Crippen molar-refractivity contribution < 1.29 is 39.2 Å². The number of carbonyl (C=O) groups excluding carboxylic acids is 3. The standard InChI is InChI=1S/C28H35FN4O7/c1-10(2)5-12-8-32-20-14(9-31-12)19(29)13-6-11-7-15-21(33(3)4)24(36)18(27(30)39)26(38)28(15,40)25(37)16(11)22(34)17(13)23(20)35/h10-12,15,21,31-32,35-37,40H,5-9H2,1-4H3,(H2,30,39)/t11-,12+,15-,21-,28-/m0/s1. The fraction of sp³-hybridized carbons (Fsp3) is 0.536. The summed E-state index contributed by atoms with van der Waals surface area (Å²) in [6, 6.07) is -1.11. The van der Waals surface area contributed by atoms with Gasteiger partial charge >= 0.3 is 0 Å². The number of benzene rings is 1. The highest BCUT2D eigenvalue weighted by atomic mass is 19.1. The number of primary amides is 1. The van der Waals surface area contributed by atoms with E-state index in [2.05, 4.69) is 24.5 Å². The van der Waals surface area contributed by atoms with Crippen molar-refractivity contribution >= 4 is 23.2 Å². The maximum absolute atomic E-state index is 16.1. The minimum absolute atomic E-state index is 0.000701. The first-order chi connectivity index (χ1) is 18.7. The van der Waals surface area contributed by atoms with Gasteiger partial charge in [-0.15, -0.1) is 0 Å². The summed E-state index contributed by atoms with van der Waals surface area (Å²) in [7, 11) is 3.10. The summed E-state index contributed by atoms with van der Waals surface area (Å²) in [5, 5.41) is 51.5. The monoisotopic (exact) mass is 558 g/mol. The number of likely N-dealkylation sites (N-methyl/N-ethyl adjacent to an activating group) is 1. The highest BCUT2D eigenvalue weighted by molar-refractivity contribution is 6.24. The summed E-state index contributed by atoms with van der Waals surface area (Å²) >= 11 is 0. The van der Waals surface area contributed by atoms with Crippen molar-refractivity contribution in [3.05, 3.63) is 45.2 Å². The zero-order chi connectivity index (χ0) is 29.4. The van der Waals surface area contributed by atoms with Crippen LogP contribution in [0, 0.1) is 23.6 Å². The second-order valence-corrected chi connectivity index (χ2v) is 11.9. The van der Waals surface area contributed by atoms with E-state index in [1.807, 2.05) is 0 Å². The lowest BCUT2D eigenvalue weighted by Crippen LogP contribution is -2.63. The van der Waals surface area contributed by atoms with E-state index in [0.29, 0.717) is 12.5 Å². The Balaban J connectivity index is 1.65. The molecule has 1 aliphatic heterocycles. The Kier molecular flexibility index (Phi) is 6.71. The minimum atomic E-state index is -2.74. The van der Waals surface area contributed by atoms with E-state index in [1.165, 1.54) is 4.90 Å². The number of nitrogens with one attached hydrogen (secondary N) is 2. The molecule has 0 unspecified atom stereocenters. The van der Waals surface area contributed by atoms with Gasteiger partial charge in [-0.25, -0.2) is 4.39 Å². The fourth-order valence-electron chi connectivity index (χ4n) is 7.03. The number of phenols is 1. The van der Waals surface area contributed by atoms with Gasteiger partial charge in [0.2, 0.25) is 5.78 Å². The lowest BCUT2D eigenvalue weighted by Gasteiger charge is -2.50. The number of fused-ring (bicyclic) bond motifs is 4. The molecule has 0 spiro atoms. The second-order valence-electron chi connectivity index (χ2n) is 11.9. The minimum Gasteiger partial charge on any atom is -0.510 e. The van der Waals surface area contributed by atoms with Gasteiger partial charge in [0.25, 0.3) is 5.91 Å². The van der Waals surface area contributed by atoms with Gasteiger partial charge in [-0.1, -0.05) is 13.8 Å². The van der Waals surface area contributed by atoms with Gasteiger partial charge in [0.05, 0.1) is 17.3 Å². The number of rotatable bonds is 4. The molecular weight excluding hydrogens is 523 g/mol. The summed E-state index contributed by atoms with van der Waals surface area (Å²) in [6.07, 6.45) is 0.604. The van der Waals surface area contributed by atoms with Gasteiger partial charge in [0.1, 0.15) is 22.9 Å². The third-order valence-corrected chi connectivity index (χ3v) is 8.77. The van der Waals surface area contributed by atoms with E-state index in [1.54, 1.807) is 14.1 Å². The van der Waals surface area contributed by atoms with Crippen LogP contribution < -0.4 is 16.4 Å². The molecule has 0 bridgehead atoms. The van der Waals surface area contributed by atoms with Gasteiger partial charge in [-0.2, -0.15) is 0 Å². The highest BCUT2D eigenvalue weighted by Crippen LogP contribution is 2.53. The van der Waals surface area contributed by atoms with Crippen LogP contribution in [0.15, 0.2) is 22.7 Å². The zero-order valence-electron chi connectivity index (χ0n) is 22.8. The molecule has 0 radical (unpaired) electrons. The van der Waals surface area contributed by atoms with E-state index in [0.717, 1.165) is 6.42 Å². The fourth-order valence-corrected chi connectivity index (χ4v) is 7.03. The molecule has 0 aromatic heterocycles. The molecule has 0 saturated heterocycles. The lowest BCUT2D eigenvalue weighted by molar-refractivity contribution is -0.148. The Morgan fingerprint density at radius 1 is 1.20 bits per heavy atom. The number of aliphatic hydroxyl groups excluding tert-OH is 2. The molecule has 1 amide bonds. The van der Waals surface area contributed by atoms with Gasteiger partial charge in [-0.05, 0) is 45.2 Å². The van der Waals surface area contributed by atoms with Crippen LogP contribution in [0.3, 0.4) is 0 Å². The molecule has 1 aromatic carbocycles. The predicted molar refractivity (Wildman–Crippen MR) is 142 cm³/mol. The molecule has 8 N–H and O–H groups in total. The van der Waals surface area contributed by atoms with Crippen LogP contribution in [0.25, 0.3) is 0 Å². The quantitative estimate of drug-likeness (QED) is 0.209. The average Bonchev–Trinajstić information content (AvgIpc) is 3.06. The number of aromatic hydroxyl groups is 1. The van der Waals surface area contributed by atoms with E-state index in [9.17, 15) is 34.8 Å². The Hall–Kier alpha value is -3.48. The number of Topliss-reactive ketones (excluding diaryl/α,β-unsaturated/α-hetero) is 2. The summed E-state index contributed by atoms with van der Waals surface area (Å²) in [5.41, 5.74) is 1.34. The van der Waals surface area contributed by atoms with Gasteiger partial charge in [0, 0.05) is 41.7 Å². The SMILES string of the molecule is CC(C)C[C@@H]1CNc2c(O)c3c(c(F)c2CN1)C[C@H]1C[C@H]2[C@H](N(C)C)C(O)=C(C(N)=O)C(=O)[C@@]2(O)C(O)=C1C3=O. The van der Waals surface area contributed by atoms with Crippen LogP contribution in [-0.4, -0.2) is 81.1 Å². The van der Waals surface area contributed by atoms with Crippen molar-refractivity contribution in [2.45, 2.75) is 57.3 Å². The molecule has 4 aliphatic rings. The largest absolute Gasteiger partial charge is 0.510 e. The molecule has 5 rings (SSSR count). The van der Waals surface area contributed by atoms with Crippen LogP contribution in [-0.2, 0) is 22.6 Å². The number of carbonyl (C=O) groups is 3. The smallest absolute Gasteiger partial charge is 0.255 e.